The summed E-state index contributed by atoms with van der Waals surface area (Å²) in [5, 5.41) is 0. The molecule has 6 heteroatoms. The fourth-order valence-corrected chi connectivity index (χ4v) is 2.20. The van der Waals surface area contributed by atoms with Crippen molar-refractivity contribution < 1.29 is 17.9 Å². The molecular weight excluding hydrogens is 218 g/mol. The lowest BCUT2D eigenvalue weighted by Gasteiger charge is -2.03. The Balaban J connectivity index is 3.01. The molecule has 0 bridgehead atoms. The second-order valence-corrected chi connectivity index (χ2v) is 4.90. The molecule has 0 atom stereocenters. The van der Waals surface area contributed by atoms with Crippen LogP contribution in [0.3, 0.4) is 0 Å². The number of carbonyl (C=O) groups excluding carboxylic acids is 1. The van der Waals surface area contributed by atoms with E-state index in [1.807, 2.05) is 0 Å². The predicted octanol–water partition coefficient (Wildman–Crippen LogP) is 0.216. The van der Waals surface area contributed by atoms with Crippen molar-refractivity contribution in [1.82, 2.24) is 0 Å². The van der Waals surface area contributed by atoms with E-state index in [1.54, 1.807) is 6.07 Å². The number of nitrogen functional groups attached to an aromatic ring is 1. The maximum absolute atomic E-state index is 11.6. The van der Waals surface area contributed by atoms with Gasteiger partial charge in [-0.05, 0) is 18.2 Å². The number of esters is 1. The number of rotatable bonds is 3. The summed E-state index contributed by atoms with van der Waals surface area (Å²) in [4.78, 5) is 10.9. The smallest absolute Gasteiger partial charge is 0.321 e. The van der Waals surface area contributed by atoms with Gasteiger partial charge in [-0.15, -0.1) is 0 Å². The molecule has 82 valence electrons. The monoisotopic (exact) mass is 229 g/mol. The maximum atomic E-state index is 11.6. The Bertz CT molecular complexity index is 467. The van der Waals surface area contributed by atoms with Crippen LogP contribution in [-0.4, -0.2) is 27.2 Å². The first-order valence-corrected chi connectivity index (χ1v) is 5.76. The number of hydrogen-bond donors (Lipinski definition) is 1. The molecule has 1 aromatic rings. The van der Waals surface area contributed by atoms with Crippen LogP contribution < -0.4 is 5.73 Å². The summed E-state index contributed by atoms with van der Waals surface area (Å²) < 4.78 is 27.5. The number of anilines is 1. The topological polar surface area (TPSA) is 86.5 Å². The Morgan fingerprint density at radius 1 is 1.47 bits per heavy atom. The molecule has 0 radical (unpaired) electrons. The van der Waals surface area contributed by atoms with Crippen LogP contribution in [0, 0.1) is 0 Å². The number of benzene rings is 1. The van der Waals surface area contributed by atoms with Crippen LogP contribution in [0.5, 0.6) is 0 Å². The van der Waals surface area contributed by atoms with Gasteiger partial charge in [-0.25, -0.2) is 8.42 Å². The third-order valence-corrected chi connectivity index (χ3v) is 3.34. The van der Waals surface area contributed by atoms with Crippen molar-refractivity contribution in [2.45, 2.75) is 4.90 Å². The van der Waals surface area contributed by atoms with Gasteiger partial charge in [0, 0.05) is 5.69 Å². The Morgan fingerprint density at radius 2 is 2.13 bits per heavy atom. The van der Waals surface area contributed by atoms with E-state index in [-0.39, 0.29) is 4.90 Å². The fraction of sp³-hybridized carbons (Fsp3) is 0.222. The Labute approximate surface area is 87.8 Å². The number of ether oxygens (including phenoxy) is 1. The van der Waals surface area contributed by atoms with Gasteiger partial charge in [0.2, 0.25) is 0 Å². The zero-order valence-electron chi connectivity index (χ0n) is 8.14. The lowest BCUT2D eigenvalue weighted by molar-refractivity contribution is -0.137. The van der Waals surface area contributed by atoms with Crippen LogP contribution >= 0.6 is 0 Å². The second kappa shape index (κ2) is 4.31. The standard InChI is InChI=1S/C9H11NO4S/c1-14-9(11)6-15(12,13)8-4-2-3-7(10)5-8/h2-5H,6,10H2,1H3. The number of hydrogen-bond acceptors (Lipinski definition) is 5. The molecule has 0 aliphatic heterocycles. The molecule has 0 aliphatic carbocycles. The molecule has 0 saturated carbocycles. The second-order valence-electron chi connectivity index (χ2n) is 2.91. The first-order valence-electron chi connectivity index (χ1n) is 4.11. The zero-order chi connectivity index (χ0) is 11.5. The molecule has 0 saturated heterocycles. The van der Waals surface area contributed by atoms with E-state index in [0.29, 0.717) is 5.69 Å². The molecule has 1 rings (SSSR count). The Kier molecular flexibility index (Phi) is 3.31. The van der Waals surface area contributed by atoms with Gasteiger partial charge in [0.1, 0.15) is 0 Å². The van der Waals surface area contributed by atoms with Gasteiger partial charge in [-0.3, -0.25) is 4.79 Å². The minimum atomic E-state index is -3.65. The average molecular weight is 229 g/mol. The van der Waals surface area contributed by atoms with Gasteiger partial charge in [0.15, 0.2) is 15.6 Å². The molecule has 0 aliphatic rings. The molecule has 5 nitrogen and oxygen atoms in total. The molecule has 0 heterocycles. The Hall–Kier alpha value is -1.56. The van der Waals surface area contributed by atoms with Crippen LogP contribution in [0.1, 0.15) is 0 Å². The first kappa shape index (κ1) is 11.5. The summed E-state index contributed by atoms with van der Waals surface area (Å²) in [5.41, 5.74) is 5.77. The van der Waals surface area contributed by atoms with Crippen molar-refractivity contribution in [2.24, 2.45) is 0 Å². The summed E-state index contributed by atoms with van der Waals surface area (Å²) in [5.74, 6) is -1.47. The summed E-state index contributed by atoms with van der Waals surface area (Å²) >= 11 is 0. The maximum Gasteiger partial charge on any atom is 0.321 e. The van der Waals surface area contributed by atoms with E-state index >= 15 is 0 Å². The van der Waals surface area contributed by atoms with E-state index in [0.717, 1.165) is 7.11 Å². The highest BCUT2D eigenvalue weighted by atomic mass is 32.2. The van der Waals surface area contributed by atoms with E-state index in [2.05, 4.69) is 4.74 Å². The SMILES string of the molecule is COC(=O)CS(=O)(=O)c1cccc(N)c1. The highest BCUT2D eigenvalue weighted by Crippen LogP contribution is 2.14. The van der Waals surface area contributed by atoms with Crippen molar-refractivity contribution in [1.29, 1.82) is 0 Å². The highest BCUT2D eigenvalue weighted by molar-refractivity contribution is 7.92. The Morgan fingerprint density at radius 3 is 2.67 bits per heavy atom. The molecule has 0 unspecified atom stereocenters. The van der Waals surface area contributed by atoms with Gasteiger partial charge in [-0.2, -0.15) is 0 Å². The normalized spacial score (nSPS) is 11.0. The van der Waals surface area contributed by atoms with Crippen LogP contribution in [-0.2, 0) is 19.4 Å². The van der Waals surface area contributed by atoms with Gasteiger partial charge in [-0.1, -0.05) is 6.07 Å². The fourth-order valence-electron chi connectivity index (χ4n) is 1.01. The molecule has 0 fully saturated rings. The molecule has 0 spiro atoms. The first-order chi connectivity index (χ1) is 6.95. The van der Waals surface area contributed by atoms with Gasteiger partial charge in [0.05, 0.1) is 12.0 Å². The van der Waals surface area contributed by atoms with Crippen LogP contribution in [0.15, 0.2) is 29.2 Å². The third kappa shape index (κ3) is 2.95. The summed E-state index contributed by atoms with van der Waals surface area (Å²) in [6.45, 7) is 0. The van der Waals surface area contributed by atoms with Crippen LogP contribution in [0.4, 0.5) is 5.69 Å². The van der Waals surface area contributed by atoms with Crippen LogP contribution in [0.25, 0.3) is 0 Å². The minimum absolute atomic E-state index is 0.0212. The molecule has 15 heavy (non-hydrogen) atoms. The van der Waals surface area contributed by atoms with E-state index in [4.69, 9.17) is 5.73 Å². The van der Waals surface area contributed by atoms with Crippen molar-refractivity contribution in [3.63, 3.8) is 0 Å². The van der Waals surface area contributed by atoms with E-state index < -0.39 is 21.6 Å². The molecule has 0 amide bonds. The van der Waals surface area contributed by atoms with Crippen molar-refractivity contribution in [3.8, 4) is 0 Å². The molecule has 1 aromatic carbocycles. The number of nitrogens with two attached hydrogens (primary N) is 1. The summed E-state index contributed by atoms with van der Waals surface area (Å²) in [6, 6.07) is 5.77. The molecule has 2 N–H and O–H groups in total. The van der Waals surface area contributed by atoms with Gasteiger partial charge in [0.25, 0.3) is 0 Å². The quantitative estimate of drug-likeness (QED) is 0.591. The van der Waals surface area contributed by atoms with Gasteiger partial charge < -0.3 is 10.5 Å². The minimum Gasteiger partial charge on any atom is -0.468 e. The number of methoxy groups -OCH3 is 1. The summed E-state index contributed by atoms with van der Waals surface area (Å²) in [6.07, 6.45) is 0. The highest BCUT2D eigenvalue weighted by Gasteiger charge is 2.19. The van der Waals surface area contributed by atoms with Gasteiger partial charge >= 0.3 is 5.97 Å². The average Bonchev–Trinajstić information content (AvgIpc) is 2.17. The van der Waals surface area contributed by atoms with Crippen molar-refractivity contribution in [3.05, 3.63) is 24.3 Å². The van der Waals surface area contributed by atoms with Crippen LogP contribution in [0.2, 0.25) is 0 Å². The largest absolute Gasteiger partial charge is 0.468 e. The lowest BCUT2D eigenvalue weighted by atomic mass is 10.3. The third-order valence-electron chi connectivity index (χ3n) is 1.75. The summed E-state index contributed by atoms with van der Waals surface area (Å²) in [7, 11) is -2.51. The van der Waals surface area contributed by atoms with E-state index in [1.165, 1.54) is 18.2 Å². The molecule has 0 aromatic heterocycles. The molecular formula is C9H11NO4S. The van der Waals surface area contributed by atoms with E-state index in [9.17, 15) is 13.2 Å². The van der Waals surface area contributed by atoms with Crippen molar-refractivity contribution >= 4 is 21.5 Å². The number of carbonyl (C=O) groups is 1. The lowest BCUT2D eigenvalue weighted by Crippen LogP contribution is -2.17. The number of sulfone groups is 1. The van der Waals surface area contributed by atoms with Crippen molar-refractivity contribution in [2.75, 3.05) is 18.6 Å². The predicted molar refractivity (Wildman–Crippen MR) is 54.9 cm³/mol. The zero-order valence-corrected chi connectivity index (χ0v) is 8.95.